The van der Waals surface area contributed by atoms with Gasteiger partial charge < -0.3 is 20.3 Å². The molecule has 1 amide bonds. The summed E-state index contributed by atoms with van der Waals surface area (Å²) < 4.78 is 5.47. The maximum absolute atomic E-state index is 12.4. The third kappa shape index (κ3) is 52.0. The summed E-state index contributed by atoms with van der Waals surface area (Å²) in [4.78, 5) is 24.4. The number of esters is 1. The molecule has 392 valence electrons. The van der Waals surface area contributed by atoms with E-state index in [0.717, 1.165) is 38.5 Å². The Morgan fingerprint density at radius 1 is 0.409 bits per heavy atom. The minimum absolute atomic E-state index is 0.0168. The first-order valence-electron chi connectivity index (χ1n) is 29.9. The van der Waals surface area contributed by atoms with Gasteiger partial charge in [-0.15, -0.1) is 0 Å². The quantitative estimate of drug-likeness (QED) is 0.0321. The lowest BCUT2D eigenvalue weighted by Gasteiger charge is -2.22. The number of allylic oxidation sites excluding steroid dienone is 2. The lowest BCUT2D eigenvalue weighted by molar-refractivity contribution is -0.143. The van der Waals surface area contributed by atoms with Crippen LogP contribution in [0.25, 0.3) is 0 Å². The van der Waals surface area contributed by atoms with Gasteiger partial charge >= 0.3 is 5.97 Å². The van der Waals surface area contributed by atoms with Crippen LogP contribution in [0.5, 0.6) is 0 Å². The van der Waals surface area contributed by atoms with Crippen molar-refractivity contribution in [1.29, 1.82) is 0 Å². The van der Waals surface area contributed by atoms with Crippen molar-refractivity contribution in [3.05, 3.63) is 12.2 Å². The summed E-state index contributed by atoms with van der Waals surface area (Å²) in [6.45, 7) is 4.95. The molecule has 0 saturated heterocycles. The van der Waals surface area contributed by atoms with Crippen molar-refractivity contribution in [3.63, 3.8) is 0 Å². The van der Waals surface area contributed by atoms with Crippen molar-refractivity contribution in [3.8, 4) is 0 Å². The third-order valence-corrected chi connectivity index (χ3v) is 14.1. The summed E-state index contributed by atoms with van der Waals surface area (Å²) >= 11 is 0. The average Bonchev–Trinajstić information content (AvgIpc) is 3.32. The van der Waals surface area contributed by atoms with Gasteiger partial charge in [-0.2, -0.15) is 0 Å². The number of ether oxygens (including phenoxy) is 1. The smallest absolute Gasteiger partial charge is 0.305 e. The minimum Gasteiger partial charge on any atom is -0.466 e. The van der Waals surface area contributed by atoms with Gasteiger partial charge in [-0.05, 0) is 51.4 Å². The number of carbonyl (C=O) groups is 2. The predicted molar refractivity (Wildman–Crippen MR) is 287 cm³/mol. The second-order valence-electron chi connectivity index (χ2n) is 20.7. The van der Waals surface area contributed by atoms with Crippen LogP contribution in [0.15, 0.2) is 12.2 Å². The molecule has 0 heterocycles. The fourth-order valence-electron chi connectivity index (χ4n) is 9.46. The van der Waals surface area contributed by atoms with E-state index in [-0.39, 0.29) is 18.5 Å². The maximum Gasteiger partial charge on any atom is 0.305 e. The van der Waals surface area contributed by atoms with Crippen molar-refractivity contribution in [2.75, 3.05) is 13.2 Å². The highest BCUT2D eigenvalue weighted by atomic mass is 16.5. The monoisotopic (exact) mass is 932 g/mol. The molecule has 6 heteroatoms. The molecule has 0 bridgehead atoms. The van der Waals surface area contributed by atoms with Gasteiger partial charge in [0.05, 0.1) is 25.4 Å². The molecule has 0 aromatic heterocycles. The number of hydrogen-bond donors (Lipinski definition) is 3. The molecule has 66 heavy (non-hydrogen) atoms. The summed E-state index contributed by atoms with van der Waals surface area (Å²) in [7, 11) is 0. The largest absolute Gasteiger partial charge is 0.466 e. The summed E-state index contributed by atoms with van der Waals surface area (Å²) in [5, 5.41) is 23.1. The normalized spacial score (nSPS) is 12.6. The topological polar surface area (TPSA) is 95.9 Å². The van der Waals surface area contributed by atoms with Crippen molar-refractivity contribution in [2.24, 2.45) is 0 Å². The number of rotatable bonds is 56. The summed E-state index contributed by atoms with van der Waals surface area (Å²) in [5.74, 6) is -0.0193. The standard InChI is InChI=1S/C60H117NO5/c1-3-5-7-9-11-13-14-34-38-42-46-50-54-60(65)66-55-51-47-43-39-35-32-30-28-26-24-22-20-18-16-15-17-19-21-23-25-27-29-31-33-37-41-45-49-53-59(64)61-57(56-62)58(63)52-48-44-40-36-12-10-8-6-4-2/h15-16,57-58,62-63H,3-14,17-56H2,1-2H3,(H,61,64)/b16-15-. The van der Waals surface area contributed by atoms with Crippen LogP contribution in [0, 0.1) is 0 Å². The van der Waals surface area contributed by atoms with E-state index in [4.69, 9.17) is 4.74 Å². The summed E-state index contributed by atoms with van der Waals surface area (Å²) in [5.41, 5.74) is 0. The van der Waals surface area contributed by atoms with Crippen molar-refractivity contribution >= 4 is 11.9 Å². The van der Waals surface area contributed by atoms with Gasteiger partial charge in [0.1, 0.15) is 0 Å². The van der Waals surface area contributed by atoms with E-state index in [0.29, 0.717) is 25.9 Å². The minimum atomic E-state index is -0.661. The van der Waals surface area contributed by atoms with Crippen LogP contribution in [0.4, 0.5) is 0 Å². The van der Waals surface area contributed by atoms with Crippen LogP contribution < -0.4 is 5.32 Å². The van der Waals surface area contributed by atoms with Crippen LogP contribution >= 0.6 is 0 Å². The first-order valence-corrected chi connectivity index (χ1v) is 29.9. The zero-order valence-corrected chi connectivity index (χ0v) is 44.7. The molecular weight excluding hydrogens is 815 g/mol. The Hall–Kier alpha value is -1.40. The summed E-state index contributed by atoms with van der Waals surface area (Å²) in [6, 6.07) is -0.538. The molecule has 0 rings (SSSR count). The Morgan fingerprint density at radius 2 is 0.712 bits per heavy atom. The lowest BCUT2D eigenvalue weighted by atomic mass is 10.0. The number of aliphatic hydroxyl groups is 2. The van der Waals surface area contributed by atoms with E-state index in [1.807, 2.05) is 0 Å². The second-order valence-corrected chi connectivity index (χ2v) is 20.7. The zero-order chi connectivity index (χ0) is 47.9. The molecule has 0 aliphatic rings. The number of hydrogen-bond acceptors (Lipinski definition) is 5. The van der Waals surface area contributed by atoms with Crippen molar-refractivity contribution in [2.45, 2.75) is 347 Å². The van der Waals surface area contributed by atoms with Gasteiger partial charge in [0.2, 0.25) is 5.91 Å². The maximum atomic E-state index is 12.4. The molecule has 0 aromatic carbocycles. The predicted octanol–water partition coefficient (Wildman–Crippen LogP) is 18.5. The van der Waals surface area contributed by atoms with Gasteiger partial charge in [-0.1, -0.05) is 283 Å². The average molecular weight is 933 g/mol. The molecule has 0 radical (unpaired) electrons. The molecule has 0 spiro atoms. The lowest BCUT2D eigenvalue weighted by Crippen LogP contribution is -2.45. The molecule has 0 aromatic rings. The van der Waals surface area contributed by atoms with Crippen LogP contribution in [0.3, 0.4) is 0 Å². The molecule has 6 nitrogen and oxygen atoms in total. The molecule has 0 fully saturated rings. The molecular formula is C60H117NO5. The van der Waals surface area contributed by atoms with Crippen molar-refractivity contribution in [1.82, 2.24) is 5.32 Å². The van der Waals surface area contributed by atoms with Gasteiger partial charge in [0, 0.05) is 12.8 Å². The number of carbonyl (C=O) groups excluding carboxylic acids is 2. The highest BCUT2D eigenvalue weighted by Crippen LogP contribution is 2.17. The molecule has 3 N–H and O–H groups in total. The zero-order valence-electron chi connectivity index (χ0n) is 44.7. The van der Waals surface area contributed by atoms with E-state index in [1.54, 1.807) is 0 Å². The SMILES string of the molecule is CCCCCCCCCCCCCCC(=O)OCCCCCCCCCCCCCC/C=C\CCCCCCCCCCCCCCC(=O)NC(CO)C(O)CCCCCCCCCCC. The first-order chi connectivity index (χ1) is 32.5. The Balaban J connectivity index is 3.34. The third-order valence-electron chi connectivity index (χ3n) is 14.1. The Labute approximate surface area is 412 Å². The van der Waals surface area contributed by atoms with Gasteiger partial charge in [0.25, 0.3) is 0 Å². The highest BCUT2D eigenvalue weighted by molar-refractivity contribution is 5.76. The van der Waals surface area contributed by atoms with Crippen LogP contribution in [0.2, 0.25) is 0 Å². The van der Waals surface area contributed by atoms with E-state index in [9.17, 15) is 19.8 Å². The number of amides is 1. The fourth-order valence-corrected chi connectivity index (χ4v) is 9.46. The van der Waals surface area contributed by atoms with E-state index in [1.165, 1.54) is 263 Å². The molecule has 0 saturated carbocycles. The van der Waals surface area contributed by atoms with Gasteiger partial charge in [0.15, 0.2) is 0 Å². The highest BCUT2D eigenvalue weighted by Gasteiger charge is 2.20. The number of nitrogens with one attached hydrogen (secondary N) is 1. The van der Waals surface area contributed by atoms with Crippen LogP contribution in [0.1, 0.15) is 335 Å². The van der Waals surface area contributed by atoms with Crippen molar-refractivity contribution < 1.29 is 24.5 Å². The molecule has 2 unspecified atom stereocenters. The Morgan fingerprint density at radius 3 is 1.08 bits per heavy atom. The van der Waals surface area contributed by atoms with Crippen LogP contribution in [-0.2, 0) is 14.3 Å². The number of unbranched alkanes of at least 4 members (excludes halogenated alkanes) is 43. The molecule has 2 atom stereocenters. The second kappa shape index (κ2) is 56.2. The van der Waals surface area contributed by atoms with E-state index >= 15 is 0 Å². The van der Waals surface area contributed by atoms with Gasteiger partial charge in [-0.25, -0.2) is 0 Å². The number of aliphatic hydroxyl groups excluding tert-OH is 2. The van der Waals surface area contributed by atoms with Gasteiger partial charge in [-0.3, -0.25) is 9.59 Å². The fraction of sp³-hybridized carbons (Fsp3) is 0.933. The molecule has 0 aliphatic heterocycles. The summed E-state index contributed by atoms with van der Waals surface area (Å²) in [6.07, 6.45) is 66.6. The van der Waals surface area contributed by atoms with Crippen LogP contribution in [-0.4, -0.2) is 47.4 Å². The molecule has 0 aliphatic carbocycles. The Kier molecular flexibility index (Phi) is 55.0. The Bertz CT molecular complexity index is 986. The van der Waals surface area contributed by atoms with E-state index in [2.05, 4.69) is 31.3 Å². The first kappa shape index (κ1) is 64.6. The van der Waals surface area contributed by atoms with E-state index < -0.39 is 12.1 Å².